The number of benzene rings is 1. The molecule has 0 aliphatic rings. The Labute approximate surface area is 129 Å². The number of rotatable bonds is 5. The standard InChI is InChI=1S/C12H13ClN4OS2/c1-6-3-4-8(5-9(6)13)15-11-16-17-12(20-11)19-7(2)10(14)18/h3-5,7H,1-2H3,(H2,14,18)(H,15,16). The van der Waals surface area contributed by atoms with Gasteiger partial charge in [0.2, 0.25) is 11.0 Å². The number of thioether (sulfide) groups is 1. The fourth-order valence-corrected chi connectivity index (χ4v) is 3.36. The van der Waals surface area contributed by atoms with Crippen LogP contribution in [-0.4, -0.2) is 21.4 Å². The molecule has 3 N–H and O–H groups in total. The number of aromatic nitrogens is 2. The topological polar surface area (TPSA) is 80.9 Å². The molecule has 0 spiro atoms. The monoisotopic (exact) mass is 328 g/mol. The molecule has 1 amide bonds. The van der Waals surface area contributed by atoms with Crippen LogP contribution in [0.3, 0.4) is 0 Å². The van der Waals surface area contributed by atoms with Gasteiger partial charge >= 0.3 is 0 Å². The zero-order chi connectivity index (χ0) is 14.7. The Morgan fingerprint density at radius 1 is 1.50 bits per heavy atom. The Balaban J connectivity index is 2.05. The van der Waals surface area contributed by atoms with Gasteiger partial charge in [-0.2, -0.15) is 0 Å². The number of hydrogen-bond donors (Lipinski definition) is 2. The van der Waals surface area contributed by atoms with Gasteiger partial charge in [-0.25, -0.2) is 0 Å². The average Bonchev–Trinajstić information content (AvgIpc) is 2.81. The first-order valence-electron chi connectivity index (χ1n) is 5.78. The molecule has 1 unspecified atom stereocenters. The summed E-state index contributed by atoms with van der Waals surface area (Å²) >= 11 is 8.72. The molecule has 5 nitrogen and oxygen atoms in total. The van der Waals surface area contributed by atoms with Crippen LogP contribution in [0.15, 0.2) is 22.5 Å². The molecule has 8 heteroatoms. The number of nitrogens with two attached hydrogens (primary N) is 1. The minimum Gasteiger partial charge on any atom is -0.369 e. The number of anilines is 2. The lowest BCUT2D eigenvalue weighted by Crippen LogP contribution is -2.22. The summed E-state index contributed by atoms with van der Waals surface area (Å²) in [6.45, 7) is 3.68. The van der Waals surface area contributed by atoms with Crippen LogP contribution in [0.4, 0.5) is 10.8 Å². The van der Waals surface area contributed by atoms with Gasteiger partial charge in [-0.1, -0.05) is 40.8 Å². The van der Waals surface area contributed by atoms with Crippen LogP contribution >= 0.6 is 34.7 Å². The van der Waals surface area contributed by atoms with Crippen LogP contribution in [0.1, 0.15) is 12.5 Å². The summed E-state index contributed by atoms with van der Waals surface area (Å²) in [6.07, 6.45) is 0. The van der Waals surface area contributed by atoms with Gasteiger partial charge in [-0.05, 0) is 31.5 Å². The van der Waals surface area contributed by atoms with Crippen molar-refractivity contribution in [3.05, 3.63) is 28.8 Å². The Morgan fingerprint density at radius 2 is 2.25 bits per heavy atom. The summed E-state index contributed by atoms with van der Waals surface area (Å²) in [5, 5.41) is 12.2. The van der Waals surface area contributed by atoms with Gasteiger partial charge in [-0.3, -0.25) is 4.79 Å². The molecule has 2 aromatic rings. The summed E-state index contributed by atoms with van der Waals surface area (Å²) in [4.78, 5) is 11.0. The third-order valence-corrected chi connectivity index (χ3v) is 4.96. The van der Waals surface area contributed by atoms with Crippen LogP contribution in [0.2, 0.25) is 5.02 Å². The highest BCUT2D eigenvalue weighted by atomic mass is 35.5. The summed E-state index contributed by atoms with van der Waals surface area (Å²) in [6, 6.07) is 5.68. The van der Waals surface area contributed by atoms with Crippen molar-refractivity contribution in [2.24, 2.45) is 5.73 Å². The second-order valence-electron chi connectivity index (χ2n) is 4.12. The first-order valence-corrected chi connectivity index (χ1v) is 7.86. The SMILES string of the molecule is Cc1ccc(Nc2nnc(SC(C)C(N)=O)s2)cc1Cl. The number of amides is 1. The van der Waals surface area contributed by atoms with E-state index in [-0.39, 0.29) is 11.2 Å². The van der Waals surface area contributed by atoms with Gasteiger partial charge in [0.15, 0.2) is 4.34 Å². The number of halogens is 1. The Hall–Kier alpha value is -1.31. The molecule has 0 radical (unpaired) electrons. The highest BCUT2D eigenvalue weighted by molar-refractivity contribution is 8.02. The number of primary amides is 1. The van der Waals surface area contributed by atoms with E-state index >= 15 is 0 Å². The highest BCUT2D eigenvalue weighted by Gasteiger charge is 2.14. The molecule has 0 saturated heterocycles. The van der Waals surface area contributed by atoms with Gasteiger partial charge < -0.3 is 11.1 Å². The quantitative estimate of drug-likeness (QED) is 0.824. The molecule has 0 fully saturated rings. The molecular weight excluding hydrogens is 316 g/mol. The first-order chi connectivity index (χ1) is 9.45. The molecule has 2 rings (SSSR count). The van der Waals surface area contributed by atoms with E-state index in [0.717, 1.165) is 11.3 Å². The zero-order valence-electron chi connectivity index (χ0n) is 10.9. The predicted octanol–water partition coefficient (Wildman–Crippen LogP) is 3.21. The number of aryl methyl sites for hydroxylation is 1. The Bertz CT molecular complexity index is 632. The van der Waals surface area contributed by atoms with E-state index in [2.05, 4.69) is 15.5 Å². The summed E-state index contributed by atoms with van der Waals surface area (Å²) < 4.78 is 0.692. The van der Waals surface area contributed by atoms with Crippen LogP contribution in [0.25, 0.3) is 0 Å². The maximum absolute atomic E-state index is 11.0. The number of carbonyl (C=O) groups excluding carboxylic acids is 1. The van der Waals surface area contributed by atoms with E-state index in [1.165, 1.54) is 23.1 Å². The summed E-state index contributed by atoms with van der Waals surface area (Å²) in [5.41, 5.74) is 7.07. The molecule has 1 atom stereocenters. The number of hydrogen-bond acceptors (Lipinski definition) is 6. The van der Waals surface area contributed by atoms with E-state index in [9.17, 15) is 4.79 Å². The van der Waals surface area contributed by atoms with Gasteiger partial charge in [0.1, 0.15) is 0 Å². The molecule has 1 heterocycles. The number of nitrogens with zero attached hydrogens (tertiary/aromatic N) is 2. The van der Waals surface area contributed by atoms with Gasteiger partial charge in [0.25, 0.3) is 0 Å². The molecule has 20 heavy (non-hydrogen) atoms. The van der Waals surface area contributed by atoms with Crippen LogP contribution in [0.5, 0.6) is 0 Å². The van der Waals surface area contributed by atoms with Crippen molar-refractivity contribution >= 4 is 51.4 Å². The van der Waals surface area contributed by atoms with Crippen molar-refractivity contribution in [1.82, 2.24) is 10.2 Å². The normalized spacial score (nSPS) is 12.2. The summed E-state index contributed by atoms with van der Waals surface area (Å²) in [5.74, 6) is -0.370. The smallest absolute Gasteiger partial charge is 0.230 e. The minimum atomic E-state index is -0.370. The lowest BCUT2D eigenvalue weighted by Gasteiger charge is -2.04. The third-order valence-electron chi connectivity index (χ3n) is 2.51. The molecule has 0 aliphatic carbocycles. The van der Waals surface area contributed by atoms with E-state index in [1.54, 1.807) is 6.92 Å². The van der Waals surface area contributed by atoms with Crippen molar-refractivity contribution in [1.29, 1.82) is 0 Å². The number of carbonyl (C=O) groups is 1. The minimum absolute atomic E-state index is 0.329. The molecule has 106 valence electrons. The van der Waals surface area contributed by atoms with Crippen molar-refractivity contribution in [3.63, 3.8) is 0 Å². The van der Waals surface area contributed by atoms with Crippen LogP contribution in [0, 0.1) is 6.92 Å². The van der Waals surface area contributed by atoms with Gasteiger partial charge in [0, 0.05) is 10.7 Å². The average molecular weight is 329 g/mol. The Kier molecular flexibility index (Phi) is 4.85. The molecule has 0 saturated carbocycles. The highest BCUT2D eigenvalue weighted by Crippen LogP contribution is 2.31. The van der Waals surface area contributed by atoms with Crippen molar-refractivity contribution in [2.75, 3.05) is 5.32 Å². The molecule has 0 bridgehead atoms. The third kappa shape index (κ3) is 3.84. The first kappa shape index (κ1) is 15.1. The van der Waals surface area contributed by atoms with Crippen LogP contribution in [-0.2, 0) is 4.79 Å². The van der Waals surface area contributed by atoms with Crippen LogP contribution < -0.4 is 11.1 Å². The second kappa shape index (κ2) is 6.43. The lowest BCUT2D eigenvalue weighted by molar-refractivity contribution is -0.117. The molecular formula is C12H13ClN4OS2. The van der Waals surface area contributed by atoms with E-state index in [0.29, 0.717) is 14.5 Å². The van der Waals surface area contributed by atoms with Crippen molar-refractivity contribution in [2.45, 2.75) is 23.4 Å². The number of nitrogens with one attached hydrogen (secondary N) is 1. The summed E-state index contributed by atoms with van der Waals surface area (Å²) in [7, 11) is 0. The van der Waals surface area contributed by atoms with Crippen molar-refractivity contribution in [3.8, 4) is 0 Å². The maximum atomic E-state index is 11.0. The fourth-order valence-electron chi connectivity index (χ4n) is 1.31. The molecule has 1 aromatic carbocycles. The fraction of sp³-hybridized carbons (Fsp3) is 0.250. The van der Waals surface area contributed by atoms with E-state index in [4.69, 9.17) is 17.3 Å². The maximum Gasteiger partial charge on any atom is 0.230 e. The van der Waals surface area contributed by atoms with E-state index < -0.39 is 0 Å². The zero-order valence-corrected chi connectivity index (χ0v) is 13.3. The lowest BCUT2D eigenvalue weighted by atomic mass is 10.2. The largest absolute Gasteiger partial charge is 0.369 e. The van der Waals surface area contributed by atoms with Gasteiger partial charge in [0.05, 0.1) is 5.25 Å². The molecule has 0 aliphatic heterocycles. The van der Waals surface area contributed by atoms with E-state index in [1.807, 2.05) is 25.1 Å². The second-order valence-corrected chi connectivity index (χ2v) is 7.10. The molecule has 1 aromatic heterocycles. The van der Waals surface area contributed by atoms with Crippen molar-refractivity contribution < 1.29 is 4.79 Å². The predicted molar refractivity (Wildman–Crippen MR) is 83.9 cm³/mol. The van der Waals surface area contributed by atoms with Gasteiger partial charge in [-0.15, -0.1) is 10.2 Å². The Morgan fingerprint density at radius 3 is 2.90 bits per heavy atom.